The highest BCUT2D eigenvalue weighted by atomic mass is 79.9. The van der Waals surface area contributed by atoms with E-state index in [0.717, 1.165) is 17.4 Å². The highest BCUT2D eigenvalue weighted by Gasteiger charge is 2.54. The summed E-state index contributed by atoms with van der Waals surface area (Å²) in [5.41, 5.74) is 0.525. The maximum atomic E-state index is 6.30. The van der Waals surface area contributed by atoms with Crippen LogP contribution in [-0.2, 0) is 4.74 Å². The zero-order valence-corrected chi connectivity index (χ0v) is 12.4. The molecule has 0 amide bonds. The van der Waals surface area contributed by atoms with Gasteiger partial charge in [-0.15, -0.1) is 0 Å². The van der Waals surface area contributed by atoms with Crippen molar-refractivity contribution in [2.24, 2.45) is 11.3 Å². The van der Waals surface area contributed by atoms with E-state index < -0.39 is 0 Å². The Hall–Kier alpha value is 0.440. The lowest BCUT2D eigenvalue weighted by molar-refractivity contribution is -0.128. The van der Waals surface area contributed by atoms with Crippen LogP contribution in [0.3, 0.4) is 0 Å². The molecule has 3 fully saturated rings. The van der Waals surface area contributed by atoms with Crippen molar-refractivity contribution in [2.45, 2.75) is 75.1 Å². The monoisotopic (exact) mass is 300 g/mol. The smallest absolute Gasteiger partial charge is 0.0653 e. The molecule has 0 saturated heterocycles. The van der Waals surface area contributed by atoms with E-state index in [2.05, 4.69) is 15.9 Å². The van der Waals surface area contributed by atoms with Crippen LogP contribution in [0, 0.1) is 11.3 Å². The number of hydrogen-bond donors (Lipinski definition) is 0. The minimum Gasteiger partial charge on any atom is -0.377 e. The third kappa shape index (κ3) is 2.32. The molecule has 0 aromatic heterocycles. The van der Waals surface area contributed by atoms with Crippen molar-refractivity contribution >= 4 is 15.9 Å². The first kappa shape index (κ1) is 12.5. The molecule has 1 spiro atoms. The molecule has 2 atom stereocenters. The van der Waals surface area contributed by atoms with Gasteiger partial charge in [-0.3, -0.25) is 0 Å². The SMILES string of the molecule is BrC1CC(OCC2CCCC2)C12CCCCC2. The highest BCUT2D eigenvalue weighted by molar-refractivity contribution is 9.09. The van der Waals surface area contributed by atoms with Gasteiger partial charge in [-0.1, -0.05) is 48.0 Å². The highest BCUT2D eigenvalue weighted by Crippen LogP contribution is 2.56. The van der Waals surface area contributed by atoms with Gasteiger partial charge in [-0.05, 0) is 38.0 Å². The molecule has 0 heterocycles. The van der Waals surface area contributed by atoms with Crippen LogP contribution in [0.4, 0.5) is 0 Å². The average molecular weight is 301 g/mol. The van der Waals surface area contributed by atoms with Crippen molar-refractivity contribution in [3.05, 3.63) is 0 Å². The van der Waals surface area contributed by atoms with Crippen molar-refractivity contribution in [1.82, 2.24) is 0 Å². The first-order valence-corrected chi connectivity index (χ1v) is 8.48. The second-order valence-corrected chi connectivity index (χ2v) is 7.57. The predicted octanol–water partition coefficient (Wildman–Crippen LogP) is 4.68. The van der Waals surface area contributed by atoms with Crippen LogP contribution in [0.15, 0.2) is 0 Å². The maximum absolute atomic E-state index is 6.30. The van der Waals surface area contributed by atoms with Crippen molar-refractivity contribution in [1.29, 1.82) is 0 Å². The summed E-state index contributed by atoms with van der Waals surface area (Å²) in [6, 6.07) is 0. The Morgan fingerprint density at radius 3 is 2.35 bits per heavy atom. The Kier molecular flexibility index (Phi) is 3.82. The standard InChI is InChI=1S/C15H25BrO/c16-13-10-14(15(13)8-4-1-5-9-15)17-11-12-6-2-3-7-12/h12-14H,1-11H2. The van der Waals surface area contributed by atoms with Crippen LogP contribution >= 0.6 is 15.9 Å². The lowest BCUT2D eigenvalue weighted by Gasteiger charge is -2.55. The quantitative estimate of drug-likeness (QED) is 0.688. The summed E-state index contributed by atoms with van der Waals surface area (Å²) >= 11 is 3.89. The van der Waals surface area contributed by atoms with Gasteiger partial charge < -0.3 is 4.74 Å². The van der Waals surface area contributed by atoms with E-state index >= 15 is 0 Å². The van der Waals surface area contributed by atoms with Crippen LogP contribution < -0.4 is 0 Å². The predicted molar refractivity (Wildman–Crippen MR) is 74.5 cm³/mol. The average Bonchev–Trinajstić information content (AvgIpc) is 2.88. The molecular formula is C15H25BrO. The zero-order valence-electron chi connectivity index (χ0n) is 10.8. The fraction of sp³-hybridized carbons (Fsp3) is 1.00. The van der Waals surface area contributed by atoms with E-state index in [-0.39, 0.29) is 0 Å². The summed E-state index contributed by atoms with van der Waals surface area (Å²) in [5.74, 6) is 0.880. The van der Waals surface area contributed by atoms with Crippen molar-refractivity contribution in [3.8, 4) is 0 Å². The van der Waals surface area contributed by atoms with Crippen molar-refractivity contribution < 1.29 is 4.74 Å². The minimum atomic E-state index is 0.525. The van der Waals surface area contributed by atoms with Crippen LogP contribution in [0.1, 0.15) is 64.2 Å². The normalized spacial score (nSPS) is 37.2. The van der Waals surface area contributed by atoms with E-state index in [1.807, 2.05) is 0 Å². The van der Waals surface area contributed by atoms with Gasteiger partial charge >= 0.3 is 0 Å². The molecule has 3 saturated carbocycles. The largest absolute Gasteiger partial charge is 0.377 e. The number of alkyl halides is 1. The molecule has 2 unspecified atom stereocenters. The number of hydrogen-bond acceptors (Lipinski definition) is 1. The fourth-order valence-corrected chi connectivity index (χ4v) is 5.30. The van der Waals surface area contributed by atoms with Crippen molar-refractivity contribution in [3.63, 3.8) is 0 Å². The molecule has 3 aliphatic carbocycles. The molecule has 3 aliphatic rings. The summed E-state index contributed by atoms with van der Waals surface area (Å²) in [6.07, 6.45) is 14.6. The first-order chi connectivity index (χ1) is 8.31. The number of ether oxygens (including phenoxy) is 1. The summed E-state index contributed by atoms with van der Waals surface area (Å²) in [5, 5.41) is 0. The summed E-state index contributed by atoms with van der Waals surface area (Å²) in [6.45, 7) is 1.05. The molecule has 0 aromatic rings. The van der Waals surface area contributed by atoms with Crippen LogP contribution in [0.5, 0.6) is 0 Å². The van der Waals surface area contributed by atoms with Crippen LogP contribution in [0.2, 0.25) is 0 Å². The molecule has 98 valence electrons. The van der Waals surface area contributed by atoms with Gasteiger partial charge in [0.2, 0.25) is 0 Å². The second-order valence-electron chi connectivity index (χ2n) is 6.47. The molecule has 0 aliphatic heterocycles. The van der Waals surface area contributed by atoms with Gasteiger partial charge in [0.1, 0.15) is 0 Å². The summed E-state index contributed by atoms with van der Waals surface area (Å²) in [4.78, 5) is 0.740. The van der Waals surface area contributed by atoms with Crippen LogP contribution in [0.25, 0.3) is 0 Å². The first-order valence-electron chi connectivity index (χ1n) is 7.57. The van der Waals surface area contributed by atoms with Gasteiger partial charge in [0.15, 0.2) is 0 Å². The maximum Gasteiger partial charge on any atom is 0.0653 e. The van der Waals surface area contributed by atoms with Gasteiger partial charge in [0, 0.05) is 16.8 Å². The molecule has 1 nitrogen and oxygen atoms in total. The molecule has 2 heteroatoms. The lowest BCUT2D eigenvalue weighted by Crippen LogP contribution is -2.56. The summed E-state index contributed by atoms with van der Waals surface area (Å²) < 4.78 is 6.30. The molecule has 0 aromatic carbocycles. The van der Waals surface area contributed by atoms with Crippen molar-refractivity contribution in [2.75, 3.05) is 6.61 Å². The lowest BCUT2D eigenvalue weighted by atomic mass is 9.58. The Bertz CT molecular complexity index is 254. The van der Waals surface area contributed by atoms with E-state index in [1.165, 1.54) is 64.2 Å². The summed E-state index contributed by atoms with van der Waals surface area (Å²) in [7, 11) is 0. The molecule has 0 radical (unpaired) electrons. The molecule has 17 heavy (non-hydrogen) atoms. The number of rotatable bonds is 3. The van der Waals surface area contributed by atoms with E-state index in [4.69, 9.17) is 4.74 Å². The third-order valence-electron chi connectivity index (χ3n) is 5.48. The van der Waals surface area contributed by atoms with E-state index in [0.29, 0.717) is 11.5 Å². The molecule has 3 rings (SSSR count). The van der Waals surface area contributed by atoms with E-state index in [9.17, 15) is 0 Å². The molecule has 0 bridgehead atoms. The topological polar surface area (TPSA) is 9.23 Å². The van der Waals surface area contributed by atoms with Gasteiger partial charge in [-0.2, -0.15) is 0 Å². The zero-order chi connectivity index (χ0) is 11.7. The molecular weight excluding hydrogens is 276 g/mol. The Labute approximate surface area is 114 Å². The van der Waals surface area contributed by atoms with Gasteiger partial charge in [-0.25, -0.2) is 0 Å². The minimum absolute atomic E-state index is 0.525. The van der Waals surface area contributed by atoms with Gasteiger partial charge in [0.05, 0.1) is 6.10 Å². The van der Waals surface area contributed by atoms with Crippen LogP contribution in [-0.4, -0.2) is 17.5 Å². The Morgan fingerprint density at radius 2 is 1.71 bits per heavy atom. The van der Waals surface area contributed by atoms with E-state index in [1.54, 1.807) is 0 Å². The number of halogens is 1. The molecule has 0 N–H and O–H groups in total. The fourth-order valence-electron chi connectivity index (χ4n) is 4.21. The van der Waals surface area contributed by atoms with Gasteiger partial charge in [0.25, 0.3) is 0 Å². The Balaban J connectivity index is 1.52. The Morgan fingerprint density at radius 1 is 1.00 bits per heavy atom. The third-order valence-corrected chi connectivity index (χ3v) is 6.76. The second kappa shape index (κ2) is 5.21.